The van der Waals surface area contributed by atoms with Crippen LogP contribution in [0.3, 0.4) is 0 Å². The van der Waals surface area contributed by atoms with E-state index in [1.54, 1.807) is 0 Å². The molecule has 41 heavy (non-hydrogen) atoms. The van der Waals surface area contributed by atoms with Gasteiger partial charge in [-0.15, -0.1) is 0 Å². The van der Waals surface area contributed by atoms with E-state index in [1.165, 1.54) is 5.69 Å². The third-order valence-electron chi connectivity index (χ3n) is 7.91. The molecule has 3 saturated heterocycles. The summed E-state index contributed by atoms with van der Waals surface area (Å²) in [5, 5.41) is 9.18. The lowest BCUT2D eigenvalue weighted by Gasteiger charge is -2.34. The van der Waals surface area contributed by atoms with Crippen molar-refractivity contribution >= 4 is 35.0 Å². The fourth-order valence-corrected chi connectivity index (χ4v) is 5.70. The molecule has 0 saturated carbocycles. The van der Waals surface area contributed by atoms with Crippen LogP contribution in [0, 0.1) is 0 Å². The summed E-state index contributed by atoms with van der Waals surface area (Å²) in [5.74, 6) is 1.85. The fourth-order valence-electron chi connectivity index (χ4n) is 5.70. The molecule has 2 unspecified atom stereocenters. The second kappa shape index (κ2) is 11.9. The number of benzene rings is 2. The van der Waals surface area contributed by atoms with Crippen molar-refractivity contribution in [3.8, 4) is 11.4 Å². The molecule has 2 bridgehead atoms. The highest BCUT2D eigenvalue weighted by molar-refractivity contribution is 5.99. The molecular formula is C30H39N9O2. The fraction of sp³-hybridized carbons (Fsp3) is 0.467. The summed E-state index contributed by atoms with van der Waals surface area (Å²) >= 11 is 0. The Morgan fingerprint density at radius 1 is 0.854 bits per heavy atom. The number of nitrogens with zero attached hydrogens (tertiary/aromatic N) is 6. The Morgan fingerprint density at radius 3 is 2.07 bits per heavy atom. The number of anilines is 5. The zero-order valence-electron chi connectivity index (χ0n) is 24.0. The maximum Gasteiger partial charge on any atom is 0.323 e. The minimum Gasteiger partial charge on any atom is -0.377 e. The molecule has 0 radical (unpaired) electrons. The lowest BCUT2D eigenvalue weighted by molar-refractivity contribution is 0.0897. The number of likely N-dealkylation sites (N-methyl/N-ethyl adjacent to an activating group) is 1. The first-order valence-corrected chi connectivity index (χ1v) is 14.5. The molecule has 0 aliphatic carbocycles. The molecule has 4 heterocycles. The molecular weight excluding hydrogens is 518 g/mol. The summed E-state index contributed by atoms with van der Waals surface area (Å²) < 4.78 is 5.76. The van der Waals surface area contributed by atoms with Gasteiger partial charge in [-0.3, -0.25) is 0 Å². The van der Waals surface area contributed by atoms with E-state index in [1.807, 2.05) is 36.4 Å². The number of aromatic nitrogens is 3. The standard InChI is InChI=1S/C30H39N9O2/c1-20(2)31-28-34-27(35-29(36-28)39-25-12-13-26(39)19-41-18-25)21-4-6-22(7-5-21)32-30(40)33-23-8-10-24(11-9-23)38-16-14-37(3)15-17-38/h4-11,20,25-26H,12-19H2,1-3H3,(H2,32,33,40)(H,31,34,35,36). The van der Waals surface area contributed by atoms with Crippen molar-refractivity contribution in [2.75, 3.05) is 72.2 Å². The van der Waals surface area contributed by atoms with Crippen molar-refractivity contribution in [2.45, 2.75) is 44.8 Å². The van der Waals surface area contributed by atoms with Gasteiger partial charge in [-0.2, -0.15) is 15.0 Å². The predicted octanol–water partition coefficient (Wildman–Crippen LogP) is 4.12. The average Bonchev–Trinajstić information content (AvgIpc) is 3.21. The highest BCUT2D eigenvalue weighted by Gasteiger charge is 2.39. The monoisotopic (exact) mass is 557 g/mol. The molecule has 3 N–H and O–H groups in total. The molecule has 2 aromatic carbocycles. The van der Waals surface area contributed by atoms with Crippen LogP contribution in [0.2, 0.25) is 0 Å². The molecule has 3 fully saturated rings. The van der Waals surface area contributed by atoms with E-state index >= 15 is 0 Å². The van der Waals surface area contributed by atoms with Gasteiger partial charge >= 0.3 is 6.03 Å². The summed E-state index contributed by atoms with van der Waals surface area (Å²) in [6.45, 7) is 9.66. The van der Waals surface area contributed by atoms with Crippen molar-refractivity contribution < 1.29 is 9.53 Å². The molecule has 3 aliphatic rings. The normalized spacial score (nSPS) is 20.8. The van der Waals surface area contributed by atoms with Crippen LogP contribution in [0.5, 0.6) is 0 Å². The highest BCUT2D eigenvalue weighted by Crippen LogP contribution is 2.33. The van der Waals surface area contributed by atoms with E-state index in [0.29, 0.717) is 48.7 Å². The number of fused-ring (bicyclic) bond motifs is 2. The van der Waals surface area contributed by atoms with Crippen LogP contribution in [0.25, 0.3) is 11.4 Å². The van der Waals surface area contributed by atoms with E-state index in [0.717, 1.165) is 50.3 Å². The molecule has 0 spiro atoms. The molecule has 2 amide bonds. The van der Waals surface area contributed by atoms with Gasteiger partial charge in [0.25, 0.3) is 0 Å². The molecule has 216 valence electrons. The second-order valence-electron chi connectivity index (χ2n) is 11.4. The van der Waals surface area contributed by atoms with Gasteiger partial charge in [0, 0.05) is 54.8 Å². The third kappa shape index (κ3) is 6.36. The number of carbonyl (C=O) groups excluding carboxylic acids is 1. The van der Waals surface area contributed by atoms with Crippen molar-refractivity contribution in [3.63, 3.8) is 0 Å². The number of hydrogen-bond acceptors (Lipinski definition) is 9. The number of morpholine rings is 1. The number of urea groups is 1. The molecule has 3 aromatic rings. The minimum atomic E-state index is -0.293. The first-order valence-electron chi connectivity index (χ1n) is 14.5. The maximum absolute atomic E-state index is 12.7. The van der Waals surface area contributed by atoms with Gasteiger partial charge < -0.3 is 35.4 Å². The van der Waals surface area contributed by atoms with Crippen molar-refractivity contribution in [1.82, 2.24) is 19.9 Å². The minimum absolute atomic E-state index is 0.188. The molecule has 11 heteroatoms. The third-order valence-corrected chi connectivity index (χ3v) is 7.91. The van der Waals surface area contributed by atoms with Crippen molar-refractivity contribution in [2.24, 2.45) is 0 Å². The summed E-state index contributed by atoms with van der Waals surface area (Å²) in [4.78, 5) is 34.0. The maximum atomic E-state index is 12.7. The number of ether oxygens (including phenoxy) is 1. The zero-order valence-corrected chi connectivity index (χ0v) is 24.0. The van der Waals surface area contributed by atoms with Gasteiger partial charge in [0.05, 0.1) is 25.3 Å². The van der Waals surface area contributed by atoms with Gasteiger partial charge in [0.1, 0.15) is 0 Å². The van der Waals surface area contributed by atoms with E-state index in [9.17, 15) is 4.79 Å². The van der Waals surface area contributed by atoms with Crippen LogP contribution < -0.4 is 25.8 Å². The largest absolute Gasteiger partial charge is 0.377 e. The van der Waals surface area contributed by atoms with E-state index in [2.05, 4.69) is 63.7 Å². The molecule has 11 nitrogen and oxygen atoms in total. The van der Waals surface area contributed by atoms with Crippen LogP contribution in [-0.2, 0) is 4.74 Å². The molecule has 1 aromatic heterocycles. The Morgan fingerprint density at radius 2 is 1.46 bits per heavy atom. The van der Waals surface area contributed by atoms with Crippen LogP contribution in [0.1, 0.15) is 26.7 Å². The first-order chi connectivity index (χ1) is 19.9. The predicted molar refractivity (Wildman–Crippen MR) is 163 cm³/mol. The van der Waals surface area contributed by atoms with Crippen LogP contribution in [0.15, 0.2) is 48.5 Å². The lowest BCUT2D eigenvalue weighted by Crippen LogP contribution is -2.47. The van der Waals surface area contributed by atoms with E-state index in [4.69, 9.17) is 19.7 Å². The van der Waals surface area contributed by atoms with Gasteiger partial charge in [-0.05, 0) is 82.3 Å². The SMILES string of the molecule is CC(C)Nc1nc(-c2ccc(NC(=O)Nc3ccc(N4CCN(C)CC4)cc3)cc2)nc(N2C3CCC2COC3)n1. The summed E-state index contributed by atoms with van der Waals surface area (Å²) in [7, 11) is 2.15. The van der Waals surface area contributed by atoms with Crippen LogP contribution in [0.4, 0.5) is 33.8 Å². The summed E-state index contributed by atoms with van der Waals surface area (Å²) in [6, 6.07) is 16.1. The Kier molecular flexibility index (Phi) is 7.89. The smallest absolute Gasteiger partial charge is 0.323 e. The van der Waals surface area contributed by atoms with Crippen LogP contribution in [-0.4, -0.2) is 90.4 Å². The first kappa shape index (κ1) is 27.2. The molecule has 3 aliphatic heterocycles. The number of rotatable bonds is 7. The number of piperazine rings is 1. The molecule has 6 rings (SSSR count). The van der Waals surface area contributed by atoms with Gasteiger partial charge in [-0.25, -0.2) is 4.79 Å². The zero-order chi connectivity index (χ0) is 28.3. The Labute approximate surface area is 241 Å². The highest BCUT2D eigenvalue weighted by atomic mass is 16.5. The van der Waals surface area contributed by atoms with Gasteiger partial charge in [-0.1, -0.05) is 0 Å². The number of amides is 2. The summed E-state index contributed by atoms with van der Waals surface area (Å²) in [6.07, 6.45) is 2.17. The Bertz CT molecular complexity index is 1330. The molecule has 2 atom stereocenters. The van der Waals surface area contributed by atoms with Crippen molar-refractivity contribution in [3.05, 3.63) is 48.5 Å². The van der Waals surface area contributed by atoms with Crippen LogP contribution >= 0.6 is 0 Å². The van der Waals surface area contributed by atoms with Gasteiger partial charge in [0.2, 0.25) is 11.9 Å². The van der Waals surface area contributed by atoms with E-state index in [-0.39, 0.29) is 12.1 Å². The lowest BCUT2D eigenvalue weighted by atomic mass is 10.2. The topological polar surface area (TPSA) is 111 Å². The quantitative estimate of drug-likeness (QED) is 0.395. The van der Waals surface area contributed by atoms with E-state index < -0.39 is 0 Å². The van der Waals surface area contributed by atoms with Gasteiger partial charge in [0.15, 0.2) is 5.82 Å². The summed E-state index contributed by atoms with van der Waals surface area (Å²) in [5.41, 5.74) is 3.46. The number of hydrogen-bond donors (Lipinski definition) is 3. The number of nitrogens with one attached hydrogen (secondary N) is 3. The second-order valence-corrected chi connectivity index (χ2v) is 11.4. The number of carbonyl (C=O) groups is 1. The van der Waals surface area contributed by atoms with Crippen molar-refractivity contribution in [1.29, 1.82) is 0 Å². The Balaban J connectivity index is 1.12. The average molecular weight is 558 g/mol. The Hall–Kier alpha value is -3.96.